The predicted octanol–water partition coefficient (Wildman–Crippen LogP) is 14.7. The molecule has 290 valence electrons. The maximum atomic E-state index is 5.33. The molecule has 0 bridgehead atoms. The van der Waals surface area contributed by atoms with Gasteiger partial charge in [-0.3, -0.25) is 4.98 Å². The molecule has 0 saturated carbocycles. The number of thiophene rings is 1. The minimum atomic E-state index is 0.560. The van der Waals surface area contributed by atoms with E-state index in [0.717, 1.165) is 55.9 Å². The molecule has 12 aromatic rings. The molecule has 0 fully saturated rings. The summed E-state index contributed by atoms with van der Waals surface area (Å²) >= 11 is 1.82. The van der Waals surface area contributed by atoms with Crippen LogP contribution in [0.25, 0.3) is 115 Å². The number of nitrogens with zero attached hydrogens (tertiary/aromatic N) is 5. The maximum absolute atomic E-state index is 5.33. The molecule has 0 unspecified atom stereocenters. The van der Waals surface area contributed by atoms with Gasteiger partial charge < -0.3 is 4.57 Å². The van der Waals surface area contributed by atoms with E-state index in [1.807, 2.05) is 78.2 Å². The Morgan fingerprint density at radius 3 is 1.63 bits per heavy atom. The third-order valence-corrected chi connectivity index (χ3v) is 12.8. The quantitative estimate of drug-likeness (QED) is 0.161. The van der Waals surface area contributed by atoms with Crippen LogP contribution in [0.3, 0.4) is 0 Å². The average Bonchev–Trinajstić information content (AvgIpc) is 3.90. The van der Waals surface area contributed by atoms with Crippen molar-refractivity contribution in [2.75, 3.05) is 0 Å². The highest BCUT2D eigenvalue weighted by molar-refractivity contribution is 7.26. The molecule has 0 N–H and O–H groups in total. The normalized spacial score (nSPS) is 11.5. The van der Waals surface area contributed by atoms with Gasteiger partial charge in [0, 0.05) is 70.6 Å². The van der Waals surface area contributed by atoms with Crippen molar-refractivity contribution in [2.45, 2.75) is 0 Å². The molecule has 0 aliphatic heterocycles. The van der Waals surface area contributed by atoms with Gasteiger partial charge in [-0.05, 0) is 53.1 Å². The van der Waals surface area contributed by atoms with Crippen molar-refractivity contribution < 1.29 is 0 Å². The maximum Gasteiger partial charge on any atom is 0.166 e. The molecule has 0 saturated heterocycles. The molecule has 5 nitrogen and oxygen atoms in total. The molecule has 0 atom stereocenters. The van der Waals surface area contributed by atoms with E-state index in [0.29, 0.717) is 17.5 Å². The lowest BCUT2D eigenvalue weighted by molar-refractivity contribution is 1.07. The summed E-state index contributed by atoms with van der Waals surface area (Å²) in [5.74, 6) is 1.77. The van der Waals surface area contributed by atoms with Crippen molar-refractivity contribution in [3.8, 4) is 73.4 Å². The standard InChI is InChI=1S/C56H35N5S/c1-5-17-36(18-6-1)42-25-13-14-26-43(42)40-33-47(56-59-54(37-19-7-2-8-20-37)58-55(60-56)38-21-9-3-10-22-38)52(57-35-40)39-29-30-46-50(34-39)62-49-32-31-45-44-27-15-16-28-48(44)61(53(45)51(46)49)41-23-11-4-12-24-41/h1-35H. The van der Waals surface area contributed by atoms with Gasteiger partial charge in [0.1, 0.15) is 0 Å². The van der Waals surface area contributed by atoms with Gasteiger partial charge in [-0.2, -0.15) is 0 Å². The van der Waals surface area contributed by atoms with Crippen LogP contribution in [0.5, 0.6) is 0 Å². The lowest BCUT2D eigenvalue weighted by Crippen LogP contribution is -2.02. The summed E-state index contributed by atoms with van der Waals surface area (Å²) in [6, 6.07) is 72.3. The van der Waals surface area contributed by atoms with E-state index in [9.17, 15) is 0 Å². The van der Waals surface area contributed by atoms with Crippen LogP contribution in [0.15, 0.2) is 212 Å². The van der Waals surface area contributed by atoms with Gasteiger partial charge in [-0.25, -0.2) is 15.0 Å². The van der Waals surface area contributed by atoms with Crippen molar-refractivity contribution in [1.29, 1.82) is 0 Å². The molecular formula is C56H35N5S. The average molecular weight is 810 g/mol. The Hall–Kier alpha value is -8.06. The first-order chi connectivity index (χ1) is 30.7. The first-order valence-electron chi connectivity index (χ1n) is 20.7. The minimum absolute atomic E-state index is 0.560. The molecule has 0 aliphatic rings. The monoisotopic (exact) mass is 809 g/mol. The lowest BCUT2D eigenvalue weighted by atomic mass is 9.93. The van der Waals surface area contributed by atoms with E-state index in [-0.39, 0.29) is 0 Å². The third-order valence-electron chi connectivity index (χ3n) is 11.7. The van der Waals surface area contributed by atoms with Crippen molar-refractivity contribution >= 4 is 53.3 Å². The van der Waals surface area contributed by atoms with Gasteiger partial charge in [-0.15, -0.1) is 11.3 Å². The third kappa shape index (κ3) is 6.08. The predicted molar refractivity (Wildman–Crippen MR) is 257 cm³/mol. The van der Waals surface area contributed by atoms with Gasteiger partial charge in [0.25, 0.3) is 0 Å². The molecule has 0 spiro atoms. The van der Waals surface area contributed by atoms with Gasteiger partial charge >= 0.3 is 0 Å². The second-order valence-corrected chi connectivity index (χ2v) is 16.5. The highest BCUT2D eigenvalue weighted by atomic mass is 32.1. The van der Waals surface area contributed by atoms with Crippen molar-refractivity contribution in [3.63, 3.8) is 0 Å². The van der Waals surface area contributed by atoms with Crippen LogP contribution >= 0.6 is 11.3 Å². The Bertz CT molecular complexity index is 3560. The van der Waals surface area contributed by atoms with Crippen LogP contribution in [-0.2, 0) is 0 Å². The molecule has 62 heavy (non-hydrogen) atoms. The highest BCUT2D eigenvalue weighted by Crippen LogP contribution is 2.45. The molecule has 0 aliphatic carbocycles. The number of benzene rings is 8. The number of hydrogen-bond donors (Lipinski definition) is 0. The van der Waals surface area contributed by atoms with Gasteiger partial charge in [0.2, 0.25) is 0 Å². The zero-order valence-electron chi connectivity index (χ0n) is 33.4. The van der Waals surface area contributed by atoms with E-state index in [2.05, 4.69) is 150 Å². The van der Waals surface area contributed by atoms with Crippen molar-refractivity contribution in [2.24, 2.45) is 0 Å². The second-order valence-electron chi connectivity index (χ2n) is 15.4. The summed E-state index contributed by atoms with van der Waals surface area (Å²) < 4.78 is 4.85. The number of pyridine rings is 1. The Balaban J connectivity index is 1.10. The van der Waals surface area contributed by atoms with Gasteiger partial charge in [0.15, 0.2) is 17.5 Å². The van der Waals surface area contributed by atoms with Crippen LogP contribution in [0.1, 0.15) is 0 Å². The molecular weight excluding hydrogens is 775 g/mol. The van der Waals surface area contributed by atoms with Gasteiger partial charge in [0.05, 0.1) is 16.7 Å². The zero-order chi connectivity index (χ0) is 41.0. The largest absolute Gasteiger partial charge is 0.309 e. The van der Waals surface area contributed by atoms with Crippen LogP contribution in [0.2, 0.25) is 0 Å². The SMILES string of the molecule is c1ccc(-c2nc(-c3ccccc3)nc(-c3cc(-c4ccccc4-c4ccccc4)cnc3-c3ccc4c(c3)sc3ccc5c6ccccc6n(-c6ccccc6)c5c34)n2)cc1. The lowest BCUT2D eigenvalue weighted by Gasteiger charge is -2.15. The Morgan fingerprint density at radius 2 is 0.935 bits per heavy atom. The molecule has 4 heterocycles. The Morgan fingerprint density at radius 1 is 0.371 bits per heavy atom. The van der Waals surface area contributed by atoms with Crippen LogP contribution in [-0.4, -0.2) is 24.5 Å². The summed E-state index contributed by atoms with van der Waals surface area (Å²) in [6.07, 6.45) is 2.00. The van der Waals surface area contributed by atoms with Gasteiger partial charge in [-0.1, -0.05) is 170 Å². The molecule has 12 rings (SSSR count). The molecule has 6 heteroatoms. The Labute approximate surface area is 361 Å². The molecule has 0 amide bonds. The molecule has 0 radical (unpaired) electrons. The number of fused-ring (bicyclic) bond motifs is 7. The number of hydrogen-bond acceptors (Lipinski definition) is 5. The topological polar surface area (TPSA) is 56.5 Å². The number of rotatable bonds is 7. The summed E-state index contributed by atoms with van der Waals surface area (Å²) in [5.41, 5.74) is 12.3. The fourth-order valence-corrected chi connectivity index (χ4v) is 10.0. The number of para-hydroxylation sites is 2. The highest BCUT2D eigenvalue weighted by Gasteiger charge is 2.22. The minimum Gasteiger partial charge on any atom is -0.309 e. The van der Waals surface area contributed by atoms with Crippen molar-refractivity contribution in [3.05, 3.63) is 212 Å². The Kier molecular flexibility index (Phi) is 8.61. The van der Waals surface area contributed by atoms with E-state index in [4.69, 9.17) is 19.9 Å². The van der Waals surface area contributed by atoms with Crippen LogP contribution < -0.4 is 0 Å². The first-order valence-corrected chi connectivity index (χ1v) is 21.5. The number of aromatic nitrogens is 5. The smallest absolute Gasteiger partial charge is 0.166 e. The van der Waals surface area contributed by atoms with E-state index >= 15 is 0 Å². The first kappa shape index (κ1) is 35.8. The summed E-state index contributed by atoms with van der Waals surface area (Å²) in [7, 11) is 0. The second kappa shape index (κ2) is 14.9. The van der Waals surface area contributed by atoms with Crippen LogP contribution in [0, 0.1) is 0 Å². The van der Waals surface area contributed by atoms with Crippen LogP contribution in [0.4, 0.5) is 0 Å². The van der Waals surface area contributed by atoms with E-state index < -0.39 is 0 Å². The van der Waals surface area contributed by atoms with Crippen molar-refractivity contribution in [1.82, 2.24) is 24.5 Å². The summed E-state index contributed by atoms with van der Waals surface area (Å²) in [6.45, 7) is 0. The fraction of sp³-hybridized carbons (Fsp3) is 0. The van der Waals surface area contributed by atoms with E-state index in [1.54, 1.807) is 0 Å². The summed E-state index contributed by atoms with van der Waals surface area (Å²) in [5, 5.41) is 4.96. The fourth-order valence-electron chi connectivity index (χ4n) is 8.85. The molecule has 4 aromatic heterocycles. The summed E-state index contributed by atoms with van der Waals surface area (Å²) in [4.78, 5) is 20.8. The zero-order valence-corrected chi connectivity index (χ0v) is 34.2. The van der Waals surface area contributed by atoms with E-state index in [1.165, 1.54) is 42.0 Å². The molecule has 8 aromatic carbocycles.